The Kier molecular flexibility index (Phi) is 2.35. The Balaban J connectivity index is 2.50. The van der Waals surface area contributed by atoms with Crippen LogP contribution in [0, 0.1) is 6.92 Å². The molecule has 0 heterocycles. The third-order valence-electron chi connectivity index (χ3n) is 2.81. The van der Waals surface area contributed by atoms with Crippen LogP contribution in [0.4, 0.5) is 0 Å². The van der Waals surface area contributed by atoms with E-state index in [1.54, 1.807) is 0 Å². The van der Waals surface area contributed by atoms with Gasteiger partial charge in [-0.05, 0) is 18.1 Å². The van der Waals surface area contributed by atoms with Gasteiger partial charge in [0, 0.05) is 5.92 Å². The molecule has 0 saturated carbocycles. The van der Waals surface area contributed by atoms with Crippen LogP contribution in [0.2, 0.25) is 0 Å². The van der Waals surface area contributed by atoms with E-state index in [0.29, 0.717) is 11.5 Å². The smallest absolute Gasteiger partial charge is 0.338 e. The van der Waals surface area contributed by atoms with Crippen LogP contribution in [-0.2, 0) is 9.53 Å². The van der Waals surface area contributed by atoms with Crippen LogP contribution >= 0.6 is 0 Å². The van der Waals surface area contributed by atoms with E-state index in [4.69, 9.17) is 4.74 Å². The lowest BCUT2D eigenvalue weighted by molar-refractivity contribution is -0.133. The summed E-state index contributed by atoms with van der Waals surface area (Å²) in [5.74, 6) is 0.0541. The van der Waals surface area contributed by atoms with Crippen LogP contribution in [0.1, 0.15) is 29.5 Å². The van der Waals surface area contributed by atoms with Crippen molar-refractivity contribution >= 4 is 11.5 Å². The molecule has 2 rings (SSSR count). The van der Waals surface area contributed by atoms with E-state index in [1.807, 2.05) is 18.2 Å². The number of hydrogen-bond donors (Lipinski definition) is 0. The summed E-state index contributed by atoms with van der Waals surface area (Å²) in [7, 11) is 1.42. The van der Waals surface area contributed by atoms with E-state index in [9.17, 15) is 4.79 Å². The Bertz CT molecular complexity index is 444. The molecule has 1 unspecified atom stereocenters. The normalized spacial score (nSPS) is 18.3. The number of esters is 1. The van der Waals surface area contributed by atoms with Gasteiger partial charge in [-0.2, -0.15) is 0 Å². The molecule has 2 heteroatoms. The fraction of sp³-hybridized carbons (Fsp3) is 0.308. The second kappa shape index (κ2) is 3.54. The predicted octanol–water partition coefficient (Wildman–Crippen LogP) is 2.67. The molecule has 0 amide bonds. The molecule has 0 saturated heterocycles. The highest BCUT2D eigenvalue weighted by Gasteiger charge is 2.24. The molecule has 2 nitrogen and oxygen atoms in total. The van der Waals surface area contributed by atoms with Gasteiger partial charge >= 0.3 is 5.97 Å². The standard InChI is InChI=1S/C13H14O2/c1-8-4-5-10-11(6-8)9(2)7-12(10)13(14)15-3/h4-7,9H,1-3H3. The first-order valence-electron chi connectivity index (χ1n) is 5.04. The number of ether oxygens (including phenoxy) is 1. The molecule has 1 aliphatic carbocycles. The van der Waals surface area contributed by atoms with Gasteiger partial charge in [-0.15, -0.1) is 0 Å². The maximum absolute atomic E-state index is 11.5. The first-order valence-corrected chi connectivity index (χ1v) is 5.04. The number of rotatable bonds is 1. The van der Waals surface area contributed by atoms with Crippen molar-refractivity contribution in [2.24, 2.45) is 0 Å². The van der Waals surface area contributed by atoms with E-state index in [-0.39, 0.29) is 5.97 Å². The summed E-state index contributed by atoms with van der Waals surface area (Å²) in [6, 6.07) is 6.15. The molecular weight excluding hydrogens is 188 g/mol. The molecule has 1 aliphatic rings. The maximum atomic E-state index is 11.5. The van der Waals surface area contributed by atoms with Crippen LogP contribution in [0.25, 0.3) is 5.57 Å². The van der Waals surface area contributed by atoms with Gasteiger partial charge in [0.15, 0.2) is 0 Å². The summed E-state index contributed by atoms with van der Waals surface area (Å²) in [5.41, 5.74) is 4.15. The molecule has 78 valence electrons. The van der Waals surface area contributed by atoms with Crippen LogP contribution in [-0.4, -0.2) is 13.1 Å². The Morgan fingerprint density at radius 1 is 1.40 bits per heavy atom. The van der Waals surface area contributed by atoms with Crippen LogP contribution in [0.5, 0.6) is 0 Å². The van der Waals surface area contributed by atoms with Crippen molar-refractivity contribution in [1.82, 2.24) is 0 Å². The second-order valence-electron chi connectivity index (χ2n) is 3.95. The highest BCUT2D eigenvalue weighted by atomic mass is 16.5. The Hall–Kier alpha value is -1.57. The molecule has 0 aliphatic heterocycles. The lowest BCUT2D eigenvalue weighted by Gasteiger charge is -2.06. The summed E-state index contributed by atoms with van der Waals surface area (Å²) in [6.45, 7) is 4.15. The quantitative estimate of drug-likeness (QED) is 0.654. The average molecular weight is 202 g/mol. The summed E-state index contributed by atoms with van der Waals surface area (Å²) in [6.07, 6.45) is 1.97. The SMILES string of the molecule is COC(=O)C1=CC(C)c2cc(C)ccc21. The summed E-state index contributed by atoms with van der Waals surface area (Å²) in [4.78, 5) is 11.5. The van der Waals surface area contributed by atoms with E-state index in [0.717, 1.165) is 5.56 Å². The number of benzene rings is 1. The monoisotopic (exact) mass is 202 g/mol. The van der Waals surface area contributed by atoms with Crippen molar-refractivity contribution in [1.29, 1.82) is 0 Å². The van der Waals surface area contributed by atoms with Crippen molar-refractivity contribution in [3.63, 3.8) is 0 Å². The zero-order valence-electron chi connectivity index (χ0n) is 9.20. The van der Waals surface area contributed by atoms with Crippen LogP contribution in [0.15, 0.2) is 24.3 Å². The lowest BCUT2D eigenvalue weighted by atomic mass is 9.99. The number of fused-ring (bicyclic) bond motifs is 1. The van der Waals surface area contributed by atoms with Crippen molar-refractivity contribution in [3.05, 3.63) is 41.0 Å². The Morgan fingerprint density at radius 2 is 2.13 bits per heavy atom. The average Bonchev–Trinajstić information content (AvgIpc) is 2.55. The highest BCUT2D eigenvalue weighted by Crippen LogP contribution is 2.36. The zero-order valence-corrected chi connectivity index (χ0v) is 9.20. The first kappa shape index (κ1) is 9.97. The van der Waals surface area contributed by atoms with Crippen molar-refractivity contribution < 1.29 is 9.53 Å². The molecular formula is C13H14O2. The summed E-state index contributed by atoms with van der Waals surface area (Å²) in [5, 5.41) is 0. The van der Waals surface area contributed by atoms with Gasteiger partial charge in [0.2, 0.25) is 0 Å². The molecule has 15 heavy (non-hydrogen) atoms. The molecule has 0 bridgehead atoms. The third-order valence-corrected chi connectivity index (χ3v) is 2.81. The van der Waals surface area contributed by atoms with Gasteiger partial charge in [0.05, 0.1) is 12.7 Å². The first-order chi connectivity index (χ1) is 7.13. The minimum Gasteiger partial charge on any atom is -0.465 e. The minimum absolute atomic E-state index is 0.246. The van der Waals surface area contributed by atoms with Crippen molar-refractivity contribution in [2.45, 2.75) is 19.8 Å². The van der Waals surface area contributed by atoms with Gasteiger partial charge in [-0.25, -0.2) is 4.79 Å². The van der Waals surface area contributed by atoms with Gasteiger partial charge in [0.1, 0.15) is 0 Å². The van der Waals surface area contributed by atoms with E-state index < -0.39 is 0 Å². The van der Waals surface area contributed by atoms with Crippen LogP contribution < -0.4 is 0 Å². The molecule has 0 radical (unpaired) electrons. The van der Waals surface area contributed by atoms with Crippen LogP contribution in [0.3, 0.4) is 0 Å². The molecule has 0 fully saturated rings. The van der Waals surface area contributed by atoms with E-state index >= 15 is 0 Å². The third kappa shape index (κ3) is 1.56. The minimum atomic E-state index is -0.246. The summed E-state index contributed by atoms with van der Waals surface area (Å²) < 4.78 is 4.76. The second-order valence-corrected chi connectivity index (χ2v) is 3.95. The van der Waals surface area contributed by atoms with Crippen molar-refractivity contribution in [2.75, 3.05) is 7.11 Å². The molecule has 1 aromatic rings. The number of allylic oxidation sites excluding steroid dienone is 1. The van der Waals surface area contributed by atoms with E-state index in [2.05, 4.69) is 19.9 Å². The summed E-state index contributed by atoms with van der Waals surface area (Å²) >= 11 is 0. The highest BCUT2D eigenvalue weighted by molar-refractivity contribution is 6.18. The largest absolute Gasteiger partial charge is 0.465 e. The molecule has 0 spiro atoms. The molecule has 0 N–H and O–H groups in total. The fourth-order valence-corrected chi connectivity index (χ4v) is 2.02. The zero-order chi connectivity index (χ0) is 11.0. The molecule has 0 aromatic heterocycles. The number of methoxy groups -OCH3 is 1. The Labute approximate surface area is 89.6 Å². The van der Waals surface area contributed by atoms with Crippen molar-refractivity contribution in [3.8, 4) is 0 Å². The number of hydrogen-bond acceptors (Lipinski definition) is 2. The lowest BCUT2D eigenvalue weighted by Crippen LogP contribution is -2.02. The number of carbonyl (C=O) groups is 1. The van der Waals surface area contributed by atoms with Gasteiger partial charge in [0.25, 0.3) is 0 Å². The van der Waals surface area contributed by atoms with Gasteiger partial charge in [-0.1, -0.05) is 36.8 Å². The molecule has 1 atom stereocenters. The number of carbonyl (C=O) groups excluding carboxylic acids is 1. The Morgan fingerprint density at radius 3 is 2.80 bits per heavy atom. The van der Waals surface area contributed by atoms with Gasteiger partial charge < -0.3 is 4.74 Å². The fourth-order valence-electron chi connectivity index (χ4n) is 2.02. The van der Waals surface area contributed by atoms with E-state index in [1.165, 1.54) is 18.2 Å². The predicted molar refractivity (Wildman–Crippen MR) is 59.6 cm³/mol. The van der Waals surface area contributed by atoms with Gasteiger partial charge in [-0.3, -0.25) is 0 Å². The maximum Gasteiger partial charge on any atom is 0.338 e. The molecule has 1 aromatic carbocycles. The topological polar surface area (TPSA) is 26.3 Å². The number of aryl methyl sites for hydroxylation is 1.